The van der Waals surface area contributed by atoms with Gasteiger partial charge in [-0.3, -0.25) is 4.90 Å². The number of methoxy groups -OCH3 is 1. The number of rotatable bonds is 3. The molecular formula is C12H15BrClNO. The topological polar surface area (TPSA) is 12.5 Å². The van der Waals surface area contributed by atoms with E-state index in [9.17, 15) is 0 Å². The Morgan fingerprint density at radius 1 is 1.56 bits per heavy atom. The summed E-state index contributed by atoms with van der Waals surface area (Å²) in [6.07, 6.45) is 1.09. The molecule has 1 atom stereocenters. The summed E-state index contributed by atoms with van der Waals surface area (Å²) >= 11 is 9.66. The standard InChI is InChI=1S/C12H15BrClNO/c1-16-11-2-3-12(13)9(6-11)7-15-5-4-10(14)8-15/h2-3,6,10H,4-5,7-8H2,1H3. The normalized spacial score (nSPS) is 21.3. The molecular weight excluding hydrogens is 289 g/mol. The van der Waals surface area contributed by atoms with Gasteiger partial charge >= 0.3 is 0 Å². The number of alkyl halides is 1. The number of nitrogens with zero attached hydrogens (tertiary/aromatic N) is 1. The fourth-order valence-corrected chi connectivity index (χ4v) is 2.63. The summed E-state index contributed by atoms with van der Waals surface area (Å²) in [5, 5.41) is 0.310. The Hall–Kier alpha value is -0.250. The number of hydrogen-bond acceptors (Lipinski definition) is 2. The minimum Gasteiger partial charge on any atom is -0.497 e. The van der Waals surface area contributed by atoms with Gasteiger partial charge in [0.05, 0.1) is 7.11 Å². The van der Waals surface area contributed by atoms with Gasteiger partial charge in [-0.1, -0.05) is 15.9 Å². The molecule has 1 aliphatic heterocycles. The lowest BCUT2D eigenvalue weighted by Crippen LogP contribution is -2.20. The van der Waals surface area contributed by atoms with Crippen LogP contribution >= 0.6 is 27.5 Å². The van der Waals surface area contributed by atoms with Gasteiger partial charge in [-0.15, -0.1) is 11.6 Å². The smallest absolute Gasteiger partial charge is 0.119 e. The highest BCUT2D eigenvalue weighted by atomic mass is 79.9. The number of hydrogen-bond donors (Lipinski definition) is 0. The Balaban J connectivity index is 2.08. The SMILES string of the molecule is COc1ccc(Br)c(CN2CCC(Cl)C2)c1. The van der Waals surface area contributed by atoms with Crippen LogP contribution in [-0.2, 0) is 6.54 Å². The second-order valence-electron chi connectivity index (χ2n) is 4.08. The molecule has 0 saturated carbocycles. The van der Waals surface area contributed by atoms with Crippen molar-refractivity contribution in [1.82, 2.24) is 4.90 Å². The monoisotopic (exact) mass is 303 g/mol. The van der Waals surface area contributed by atoms with Gasteiger partial charge in [-0.25, -0.2) is 0 Å². The molecule has 2 rings (SSSR count). The fraction of sp³-hybridized carbons (Fsp3) is 0.500. The van der Waals surface area contributed by atoms with Crippen molar-refractivity contribution in [3.63, 3.8) is 0 Å². The van der Waals surface area contributed by atoms with Crippen molar-refractivity contribution in [2.45, 2.75) is 18.3 Å². The van der Waals surface area contributed by atoms with Crippen molar-refractivity contribution in [2.24, 2.45) is 0 Å². The number of halogens is 2. The highest BCUT2D eigenvalue weighted by molar-refractivity contribution is 9.10. The van der Waals surface area contributed by atoms with Gasteiger partial charge in [0.1, 0.15) is 5.75 Å². The van der Waals surface area contributed by atoms with Crippen LogP contribution in [0.1, 0.15) is 12.0 Å². The summed E-state index contributed by atoms with van der Waals surface area (Å²) in [6, 6.07) is 6.07. The van der Waals surface area contributed by atoms with E-state index in [1.807, 2.05) is 12.1 Å². The van der Waals surface area contributed by atoms with Crippen LogP contribution in [0.5, 0.6) is 5.75 Å². The number of likely N-dealkylation sites (tertiary alicyclic amines) is 1. The third kappa shape index (κ3) is 2.90. The summed E-state index contributed by atoms with van der Waals surface area (Å²) in [5.74, 6) is 0.903. The van der Waals surface area contributed by atoms with E-state index in [1.54, 1.807) is 7.11 Å². The van der Waals surface area contributed by atoms with Crippen molar-refractivity contribution >= 4 is 27.5 Å². The van der Waals surface area contributed by atoms with E-state index in [0.29, 0.717) is 5.38 Å². The van der Waals surface area contributed by atoms with Crippen LogP contribution in [-0.4, -0.2) is 30.5 Å². The van der Waals surface area contributed by atoms with Crippen molar-refractivity contribution in [3.05, 3.63) is 28.2 Å². The van der Waals surface area contributed by atoms with Crippen molar-refractivity contribution in [1.29, 1.82) is 0 Å². The van der Waals surface area contributed by atoms with Crippen LogP contribution in [0, 0.1) is 0 Å². The molecule has 0 amide bonds. The first-order valence-corrected chi connectivity index (χ1v) is 6.61. The molecule has 1 heterocycles. The average molecular weight is 305 g/mol. The molecule has 1 unspecified atom stereocenters. The number of ether oxygens (including phenoxy) is 1. The van der Waals surface area contributed by atoms with E-state index in [2.05, 4.69) is 26.9 Å². The molecule has 0 radical (unpaired) electrons. The lowest BCUT2D eigenvalue weighted by atomic mass is 10.2. The quantitative estimate of drug-likeness (QED) is 0.795. The third-order valence-corrected chi connectivity index (χ3v) is 3.99. The second-order valence-corrected chi connectivity index (χ2v) is 5.55. The Morgan fingerprint density at radius 3 is 3.00 bits per heavy atom. The maximum atomic E-state index is 6.09. The molecule has 0 aliphatic carbocycles. The summed E-state index contributed by atoms with van der Waals surface area (Å²) < 4.78 is 6.36. The Labute approximate surface area is 110 Å². The van der Waals surface area contributed by atoms with Gasteiger partial charge in [0.25, 0.3) is 0 Å². The van der Waals surface area contributed by atoms with E-state index < -0.39 is 0 Å². The Bertz CT molecular complexity index is 372. The number of benzene rings is 1. The van der Waals surface area contributed by atoms with Crippen LogP contribution in [0.15, 0.2) is 22.7 Å². The van der Waals surface area contributed by atoms with Gasteiger partial charge in [0.15, 0.2) is 0 Å². The van der Waals surface area contributed by atoms with Crippen molar-refractivity contribution in [3.8, 4) is 5.75 Å². The lowest BCUT2D eigenvalue weighted by Gasteiger charge is -2.16. The summed E-state index contributed by atoms with van der Waals surface area (Å²) in [6.45, 7) is 2.99. The largest absolute Gasteiger partial charge is 0.497 e. The first-order valence-electron chi connectivity index (χ1n) is 5.38. The molecule has 4 heteroatoms. The molecule has 1 saturated heterocycles. The molecule has 0 aromatic heterocycles. The van der Waals surface area contributed by atoms with Crippen LogP contribution in [0.25, 0.3) is 0 Å². The van der Waals surface area contributed by atoms with Gasteiger partial charge in [-0.2, -0.15) is 0 Å². The average Bonchev–Trinajstić information content (AvgIpc) is 2.67. The van der Waals surface area contributed by atoms with E-state index in [4.69, 9.17) is 16.3 Å². The first kappa shape index (κ1) is 12.2. The molecule has 1 fully saturated rings. The van der Waals surface area contributed by atoms with E-state index in [0.717, 1.165) is 36.3 Å². The maximum absolute atomic E-state index is 6.09. The predicted molar refractivity (Wildman–Crippen MR) is 70.2 cm³/mol. The Kier molecular flexibility index (Phi) is 4.11. The van der Waals surface area contributed by atoms with Crippen molar-refractivity contribution < 1.29 is 4.74 Å². The molecule has 1 aromatic carbocycles. The molecule has 1 aromatic rings. The van der Waals surface area contributed by atoms with Gasteiger partial charge in [0, 0.05) is 22.9 Å². The van der Waals surface area contributed by atoms with Gasteiger partial charge in [-0.05, 0) is 36.7 Å². The zero-order chi connectivity index (χ0) is 11.5. The fourth-order valence-electron chi connectivity index (χ4n) is 1.97. The minimum absolute atomic E-state index is 0.310. The van der Waals surface area contributed by atoms with E-state index >= 15 is 0 Å². The Morgan fingerprint density at radius 2 is 2.38 bits per heavy atom. The van der Waals surface area contributed by atoms with Crippen LogP contribution in [0.4, 0.5) is 0 Å². The first-order chi connectivity index (χ1) is 7.69. The van der Waals surface area contributed by atoms with Crippen LogP contribution < -0.4 is 4.74 Å². The molecule has 0 spiro atoms. The molecule has 0 N–H and O–H groups in total. The highest BCUT2D eigenvalue weighted by Crippen LogP contribution is 2.25. The zero-order valence-electron chi connectivity index (χ0n) is 9.25. The third-order valence-electron chi connectivity index (χ3n) is 2.86. The molecule has 88 valence electrons. The molecule has 1 aliphatic rings. The maximum Gasteiger partial charge on any atom is 0.119 e. The lowest BCUT2D eigenvalue weighted by molar-refractivity contribution is 0.330. The predicted octanol–water partition coefficient (Wildman–Crippen LogP) is 3.27. The second kappa shape index (κ2) is 5.39. The van der Waals surface area contributed by atoms with Crippen LogP contribution in [0.2, 0.25) is 0 Å². The highest BCUT2D eigenvalue weighted by Gasteiger charge is 2.20. The summed E-state index contributed by atoms with van der Waals surface area (Å²) in [5.41, 5.74) is 1.25. The van der Waals surface area contributed by atoms with Gasteiger partial charge < -0.3 is 4.74 Å². The zero-order valence-corrected chi connectivity index (χ0v) is 11.6. The van der Waals surface area contributed by atoms with Crippen LogP contribution in [0.3, 0.4) is 0 Å². The van der Waals surface area contributed by atoms with Crippen molar-refractivity contribution in [2.75, 3.05) is 20.2 Å². The molecule has 16 heavy (non-hydrogen) atoms. The van der Waals surface area contributed by atoms with E-state index in [-0.39, 0.29) is 0 Å². The van der Waals surface area contributed by atoms with Gasteiger partial charge in [0.2, 0.25) is 0 Å². The molecule has 2 nitrogen and oxygen atoms in total. The summed E-state index contributed by atoms with van der Waals surface area (Å²) in [7, 11) is 1.69. The van der Waals surface area contributed by atoms with E-state index in [1.165, 1.54) is 5.56 Å². The minimum atomic E-state index is 0.310. The molecule has 0 bridgehead atoms. The summed E-state index contributed by atoms with van der Waals surface area (Å²) in [4.78, 5) is 2.37.